The maximum absolute atomic E-state index is 14.0. The van der Waals surface area contributed by atoms with Gasteiger partial charge in [-0.3, -0.25) is 0 Å². The number of aliphatic hydroxyl groups is 1. The van der Waals surface area contributed by atoms with E-state index in [2.05, 4.69) is 18.6 Å². The molecule has 0 saturated carbocycles. The lowest BCUT2D eigenvalue weighted by molar-refractivity contribution is -0.151. The van der Waals surface area contributed by atoms with Crippen LogP contribution in [0.2, 0.25) is 0 Å². The number of unbranched alkanes of at least 4 members (excludes halogenated alkanes) is 2. The van der Waals surface area contributed by atoms with Gasteiger partial charge in [-0.1, -0.05) is 39.5 Å². The Hall–Kier alpha value is -2.30. The van der Waals surface area contributed by atoms with Gasteiger partial charge in [-0.05, 0) is 49.4 Å². The number of sulfone groups is 1. The zero-order chi connectivity index (χ0) is 27.9. The highest BCUT2D eigenvalue weighted by Crippen LogP contribution is 2.47. The number of hydrogen-bond acceptors (Lipinski definition) is 8. The van der Waals surface area contributed by atoms with Gasteiger partial charge in [0.2, 0.25) is 0 Å². The largest absolute Gasteiger partial charge is 0.489 e. The normalized spacial score (nSPS) is 16.8. The van der Waals surface area contributed by atoms with Crippen LogP contribution in [0.25, 0.3) is 0 Å². The van der Waals surface area contributed by atoms with Crippen LogP contribution in [-0.2, 0) is 19.4 Å². The first-order valence-corrected chi connectivity index (χ1v) is 15.8. The fourth-order valence-corrected chi connectivity index (χ4v) is 7.63. The first-order chi connectivity index (χ1) is 18.1. The number of hydrogen-bond donors (Lipinski definition) is 1. The number of methoxy groups -OCH3 is 1. The highest BCUT2D eigenvalue weighted by molar-refractivity contribution is 7.98. The predicted molar refractivity (Wildman–Crippen MR) is 149 cm³/mol. The summed E-state index contributed by atoms with van der Waals surface area (Å²) < 4.78 is 52.2. The molecule has 0 amide bonds. The molecule has 1 N–H and O–H groups in total. The molecule has 0 aromatic heterocycles. The van der Waals surface area contributed by atoms with Crippen LogP contribution in [0.15, 0.2) is 46.2 Å². The van der Waals surface area contributed by atoms with Gasteiger partial charge < -0.3 is 19.5 Å². The average molecular weight is 568 g/mol. The molecule has 1 aliphatic rings. The van der Waals surface area contributed by atoms with Crippen molar-refractivity contribution >= 4 is 38.9 Å². The zero-order valence-electron chi connectivity index (χ0n) is 22.5. The molecule has 1 atom stereocenters. The van der Waals surface area contributed by atoms with Crippen molar-refractivity contribution in [3.05, 3.63) is 42.2 Å². The monoisotopic (exact) mass is 567 g/mol. The minimum atomic E-state index is -3.76. The Labute approximate surface area is 229 Å². The highest BCUT2D eigenvalue weighted by atomic mass is 32.2. The Balaban J connectivity index is 2.18. The van der Waals surface area contributed by atoms with Gasteiger partial charge in [-0.25, -0.2) is 17.6 Å². The molecule has 2 aromatic carbocycles. The summed E-state index contributed by atoms with van der Waals surface area (Å²) in [4.78, 5) is 14.4. The first-order valence-electron chi connectivity index (χ1n) is 13.0. The van der Waals surface area contributed by atoms with Crippen LogP contribution < -0.4 is 9.64 Å². The lowest BCUT2D eigenvalue weighted by Crippen LogP contribution is -2.38. The van der Waals surface area contributed by atoms with E-state index >= 15 is 0 Å². The van der Waals surface area contributed by atoms with Crippen molar-refractivity contribution in [3.8, 4) is 5.75 Å². The Morgan fingerprint density at radius 1 is 1.16 bits per heavy atom. The van der Waals surface area contributed by atoms with Crippen LogP contribution >= 0.6 is 11.8 Å². The number of nitrogens with zero attached hydrogens (tertiary/aromatic N) is 1. The number of carbonyl (C=O) groups excluding carboxylic acids is 1. The van der Waals surface area contributed by atoms with Crippen molar-refractivity contribution in [2.45, 2.75) is 68.3 Å². The van der Waals surface area contributed by atoms with Crippen LogP contribution in [0.1, 0.15) is 52.4 Å². The van der Waals surface area contributed by atoms with Crippen molar-refractivity contribution < 1.29 is 32.2 Å². The predicted octanol–water partition coefficient (Wildman–Crippen LogP) is 5.75. The molecular formula is C28H38FNO6S2. The fraction of sp³-hybridized carbons (Fsp3) is 0.536. The maximum Gasteiger partial charge on any atom is 0.338 e. The third-order valence-corrected chi connectivity index (χ3v) is 9.74. The second kappa shape index (κ2) is 13.2. The van der Waals surface area contributed by atoms with E-state index in [1.54, 1.807) is 18.2 Å². The van der Waals surface area contributed by atoms with Crippen LogP contribution in [-0.4, -0.2) is 57.9 Å². The van der Waals surface area contributed by atoms with Crippen LogP contribution in [0.5, 0.6) is 5.75 Å². The molecule has 0 fully saturated rings. The number of ether oxygens (including phenoxy) is 2. The Morgan fingerprint density at radius 3 is 2.34 bits per heavy atom. The molecule has 3 rings (SSSR count). The second-order valence-electron chi connectivity index (χ2n) is 9.85. The second-order valence-corrected chi connectivity index (χ2v) is 12.7. The molecule has 0 spiro atoms. The molecule has 0 radical (unpaired) electrons. The topological polar surface area (TPSA) is 93.1 Å². The summed E-state index contributed by atoms with van der Waals surface area (Å²) in [6.45, 7) is 4.31. The molecule has 1 aliphatic heterocycles. The zero-order valence-corrected chi connectivity index (χ0v) is 24.2. The maximum atomic E-state index is 14.0. The van der Waals surface area contributed by atoms with E-state index in [-0.39, 0.29) is 28.8 Å². The molecule has 10 heteroatoms. The summed E-state index contributed by atoms with van der Waals surface area (Å²) in [5.41, 5.74) is 0.737. The Morgan fingerprint density at radius 2 is 1.79 bits per heavy atom. The molecule has 210 valence electrons. The Bertz CT molecular complexity index is 1190. The fourth-order valence-electron chi connectivity index (χ4n) is 4.97. The van der Waals surface area contributed by atoms with E-state index in [0.717, 1.165) is 38.5 Å². The van der Waals surface area contributed by atoms with Crippen molar-refractivity contribution in [2.24, 2.45) is 5.41 Å². The Kier molecular flexibility index (Phi) is 10.5. The van der Waals surface area contributed by atoms with Crippen LogP contribution in [0.3, 0.4) is 0 Å². The third-order valence-electron chi connectivity index (χ3n) is 6.99. The van der Waals surface area contributed by atoms with Crippen LogP contribution in [0, 0.1) is 11.2 Å². The quantitative estimate of drug-likeness (QED) is 0.256. The number of fused-ring (bicyclic) bond motifs is 1. The number of thioether (sulfide) groups is 1. The number of rotatable bonds is 12. The summed E-state index contributed by atoms with van der Waals surface area (Å²) in [5.74, 6) is -0.945. The van der Waals surface area contributed by atoms with E-state index in [0.29, 0.717) is 22.8 Å². The van der Waals surface area contributed by atoms with Crippen molar-refractivity contribution in [2.75, 3.05) is 37.2 Å². The molecular weight excluding hydrogens is 529 g/mol. The molecule has 2 aromatic rings. The van der Waals surface area contributed by atoms with Gasteiger partial charge in [0, 0.05) is 23.7 Å². The van der Waals surface area contributed by atoms with Gasteiger partial charge >= 0.3 is 5.97 Å². The summed E-state index contributed by atoms with van der Waals surface area (Å²) in [6, 6.07) is 9.39. The minimum Gasteiger partial charge on any atom is -0.489 e. The lowest BCUT2D eigenvalue weighted by atomic mass is 9.79. The molecule has 0 bridgehead atoms. The molecule has 1 heterocycles. The lowest BCUT2D eigenvalue weighted by Gasteiger charge is -2.37. The van der Waals surface area contributed by atoms with Crippen molar-refractivity contribution in [1.82, 2.24) is 0 Å². The van der Waals surface area contributed by atoms with Gasteiger partial charge in [-0.2, -0.15) is 0 Å². The van der Waals surface area contributed by atoms with Crippen molar-refractivity contribution in [3.63, 3.8) is 0 Å². The summed E-state index contributed by atoms with van der Waals surface area (Å²) >= 11 is 1.36. The van der Waals surface area contributed by atoms with E-state index in [1.165, 1.54) is 37.1 Å². The van der Waals surface area contributed by atoms with E-state index in [1.807, 2.05) is 11.2 Å². The summed E-state index contributed by atoms with van der Waals surface area (Å²) in [6.07, 6.45) is 5.58. The van der Waals surface area contributed by atoms with Gasteiger partial charge in [-0.15, -0.1) is 11.8 Å². The molecule has 1 unspecified atom stereocenters. The van der Waals surface area contributed by atoms with Gasteiger partial charge in [0.15, 0.2) is 15.9 Å². The summed E-state index contributed by atoms with van der Waals surface area (Å²) in [7, 11) is -2.59. The standard InChI is InChI=1S/C28H38FNO6S2/c1-5-7-13-28(14-8-6-2)18-30(21-11-9-20(29)10-12-21)22-15-25(37-4)24(16-26(22)38(33,34)19-28)36-17-23(31)27(32)35-3/h9-12,15-16,23,31H,5-8,13-14,17-19H2,1-4H3. The number of halogens is 1. The molecule has 7 nitrogen and oxygen atoms in total. The smallest absolute Gasteiger partial charge is 0.338 e. The highest BCUT2D eigenvalue weighted by Gasteiger charge is 2.42. The SMILES string of the molecule is CCCCC1(CCCC)CN(c2ccc(F)cc2)c2cc(SC)c(OCC(O)C(=O)OC)cc2S(=O)(=O)C1. The van der Waals surface area contributed by atoms with Gasteiger partial charge in [0.1, 0.15) is 18.2 Å². The number of benzene rings is 2. The first kappa shape index (κ1) is 30.2. The molecule has 38 heavy (non-hydrogen) atoms. The van der Waals surface area contributed by atoms with Gasteiger partial charge in [0.05, 0.1) is 28.3 Å². The number of esters is 1. The average Bonchev–Trinajstić information content (AvgIpc) is 3.00. The van der Waals surface area contributed by atoms with Crippen molar-refractivity contribution in [1.29, 1.82) is 0 Å². The van der Waals surface area contributed by atoms with Crippen LogP contribution in [0.4, 0.5) is 15.8 Å². The molecule has 0 saturated heterocycles. The number of anilines is 2. The summed E-state index contributed by atoms with van der Waals surface area (Å²) in [5, 5.41) is 10.0. The van der Waals surface area contributed by atoms with E-state index < -0.39 is 27.3 Å². The van der Waals surface area contributed by atoms with E-state index in [4.69, 9.17) is 4.74 Å². The number of aliphatic hydroxyl groups excluding tert-OH is 1. The number of carbonyl (C=O) groups is 1. The van der Waals surface area contributed by atoms with Gasteiger partial charge in [0.25, 0.3) is 0 Å². The third kappa shape index (κ3) is 7.01. The minimum absolute atomic E-state index is 0.00641. The van der Waals surface area contributed by atoms with E-state index in [9.17, 15) is 22.7 Å². The molecule has 0 aliphatic carbocycles.